The van der Waals surface area contributed by atoms with Crippen molar-refractivity contribution in [3.05, 3.63) is 68.7 Å². The average Bonchev–Trinajstić information content (AvgIpc) is 3.03. The summed E-state index contributed by atoms with van der Waals surface area (Å²) in [5, 5.41) is 5.30. The molecule has 0 saturated carbocycles. The SMILES string of the molecule is Cc1cc(C2=NOC(c3cc(Cl)cc(Cl)c3)(C(F)(F)F)C2Br)ccc1C(=O)NCC(F)(F)F. The van der Waals surface area contributed by atoms with E-state index in [0.29, 0.717) is 0 Å². The molecule has 3 rings (SSSR count). The second kappa shape index (κ2) is 8.99. The van der Waals surface area contributed by atoms with Crippen molar-refractivity contribution >= 4 is 50.8 Å². The second-order valence-corrected chi connectivity index (χ2v) is 8.94. The van der Waals surface area contributed by atoms with E-state index in [1.165, 1.54) is 31.2 Å². The number of amides is 1. The first-order chi connectivity index (χ1) is 15.2. The molecule has 2 atom stereocenters. The maximum Gasteiger partial charge on any atom is 0.436 e. The Morgan fingerprint density at radius 3 is 2.24 bits per heavy atom. The summed E-state index contributed by atoms with van der Waals surface area (Å²) in [7, 11) is 0. The molecule has 0 aromatic heterocycles. The maximum atomic E-state index is 14.3. The summed E-state index contributed by atoms with van der Waals surface area (Å²) in [6.07, 6.45) is -9.54. The summed E-state index contributed by atoms with van der Waals surface area (Å²) in [6, 6.07) is 7.19. The highest BCUT2D eigenvalue weighted by Crippen LogP contribution is 2.52. The molecule has 2 unspecified atom stereocenters. The lowest BCUT2D eigenvalue weighted by Gasteiger charge is -2.33. The second-order valence-electron chi connectivity index (χ2n) is 7.15. The molecular weight excluding hydrogens is 565 g/mol. The summed E-state index contributed by atoms with van der Waals surface area (Å²) in [5.74, 6) is -0.977. The summed E-state index contributed by atoms with van der Waals surface area (Å²) in [4.78, 5) is 15.5. The zero-order valence-corrected chi connectivity index (χ0v) is 19.5. The molecule has 33 heavy (non-hydrogen) atoms. The van der Waals surface area contributed by atoms with E-state index in [9.17, 15) is 31.1 Å². The smallest absolute Gasteiger partial charge is 0.373 e. The van der Waals surface area contributed by atoms with Crippen LogP contribution in [0, 0.1) is 6.92 Å². The zero-order valence-electron chi connectivity index (χ0n) is 16.4. The van der Waals surface area contributed by atoms with Crippen molar-refractivity contribution in [3.8, 4) is 0 Å². The van der Waals surface area contributed by atoms with Gasteiger partial charge in [-0.2, -0.15) is 26.3 Å². The molecule has 2 aromatic carbocycles. The first-order valence-corrected chi connectivity index (χ1v) is 10.7. The Balaban J connectivity index is 1.95. The van der Waals surface area contributed by atoms with Crippen molar-refractivity contribution in [1.82, 2.24) is 5.32 Å². The summed E-state index contributed by atoms with van der Waals surface area (Å²) in [6.45, 7) is -0.0906. The van der Waals surface area contributed by atoms with E-state index in [4.69, 9.17) is 28.0 Å². The van der Waals surface area contributed by atoms with Gasteiger partial charge >= 0.3 is 12.4 Å². The minimum atomic E-state index is -4.95. The highest BCUT2D eigenvalue weighted by atomic mass is 79.9. The summed E-state index contributed by atoms with van der Waals surface area (Å²) < 4.78 is 79.9. The summed E-state index contributed by atoms with van der Waals surface area (Å²) >= 11 is 14.8. The molecule has 2 aromatic rings. The van der Waals surface area contributed by atoms with Gasteiger partial charge in [-0.3, -0.25) is 4.79 Å². The van der Waals surface area contributed by atoms with Crippen LogP contribution in [0.25, 0.3) is 0 Å². The third-order valence-electron chi connectivity index (χ3n) is 4.81. The van der Waals surface area contributed by atoms with Crippen molar-refractivity contribution in [2.45, 2.75) is 29.7 Å². The molecule has 13 heteroatoms. The fourth-order valence-electron chi connectivity index (χ4n) is 3.29. The fraction of sp³-hybridized carbons (Fsp3) is 0.300. The first kappa shape index (κ1) is 25.6. The quantitative estimate of drug-likeness (QED) is 0.331. The van der Waals surface area contributed by atoms with E-state index < -0.39 is 35.2 Å². The first-order valence-electron chi connectivity index (χ1n) is 9.05. The molecule has 1 amide bonds. The lowest BCUT2D eigenvalue weighted by atomic mass is 9.86. The van der Waals surface area contributed by atoms with Crippen LogP contribution in [0.5, 0.6) is 0 Å². The van der Waals surface area contributed by atoms with Crippen LogP contribution in [0.2, 0.25) is 10.0 Å². The predicted octanol–water partition coefficient (Wildman–Crippen LogP) is 6.55. The molecule has 1 aliphatic heterocycles. The Hall–Kier alpha value is -1.98. The van der Waals surface area contributed by atoms with Gasteiger partial charge in [0.1, 0.15) is 17.1 Å². The Kier molecular flexibility index (Phi) is 6.99. The van der Waals surface area contributed by atoms with E-state index in [1.54, 1.807) is 5.32 Å². The van der Waals surface area contributed by atoms with Gasteiger partial charge in [-0.15, -0.1) is 0 Å². The Labute approximate surface area is 202 Å². The molecule has 0 saturated heterocycles. The number of benzene rings is 2. The number of rotatable bonds is 4. The maximum absolute atomic E-state index is 14.3. The minimum absolute atomic E-state index is 0.0389. The number of hydrogen-bond acceptors (Lipinski definition) is 3. The molecule has 0 spiro atoms. The average molecular weight is 578 g/mol. The monoisotopic (exact) mass is 576 g/mol. The van der Waals surface area contributed by atoms with E-state index in [0.717, 1.165) is 12.1 Å². The van der Waals surface area contributed by atoms with Gasteiger partial charge in [0.2, 0.25) is 0 Å². The molecule has 0 radical (unpaired) electrons. The number of aryl methyl sites for hydroxylation is 1. The van der Waals surface area contributed by atoms with Gasteiger partial charge < -0.3 is 10.2 Å². The number of alkyl halides is 7. The van der Waals surface area contributed by atoms with Crippen LogP contribution in [-0.2, 0) is 10.4 Å². The van der Waals surface area contributed by atoms with Crippen molar-refractivity contribution in [2.75, 3.05) is 6.54 Å². The molecule has 178 valence electrons. The molecule has 0 bridgehead atoms. The number of carbonyl (C=O) groups is 1. The van der Waals surface area contributed by atoms with E-state index in [-0.39, 0.29) is 38.0 Å². The van der Waals surface area contributed by atoms with Crippen LogP contribution in [-0.4, -0.2) is 35.3 Å². The van der Waals surface area contributed by atoms with Crippen molar-refractivity contribution in [3.63, 3.8) is 0 Å². The van der Waals surface area contributed by atoms with Crippen LogP contribution in [0.15, 0.2) is 41.6 Å². The van der Waals surface area contributed by atoms with E-state index in [1.807, 2.05) is 0 Å². The fourth-order valence-corrected chi connectivity index (χ4v) is 4.77. The van der Waals surface area contributed by atoms with Gasteiger partial charge in [0.05, 0.1) is 0 Å². The van der Waals surface area contributed by atoms with Gasteiger partial charge in [-0.05, 0) is 42.8 Å². The van der Waals surface area contributed by atoms with Crippen LogP contribution < -0.4 is 5.32 Å². The van der Waals surface area contributed by atoms with E-state index >= 15 is 0 Å². The molecule has 1 aliphatic rings. The summed E-state index contributed by atoms with van der Waals surface area (Å²) in [5.41, 5.74) is -3.15. The van der Waals surface area contributed by atoms with Crippen LogP contribution >= 0.6 is 39.1 Å². The molecule has 1 heterocycles. The number of oxime groups is 1. The normalized spacial score (nSPS) is 20.9. The Bertz CT molecular complexity index is 1100. The molecule has 0 fully saturated rings. The third kappa shape index (κ3) is 5.09. The van der Waals surface area contributed by atoms with Crippen LogP contribution in [0.4, 0.5) is 26.3 Å². The highest BCUT2D eigenvalue weighted by molar-refractivity contribution is 9.10. The highest BCUT2D eigenvalue weighted by Gasteiger charge is 2.67. The van der Waals surface area contributed by atoms with Crippen LogP contribution in [0.3, 0.4) is 0 Å². The number of nitrogens with zero attached hydrogens (tertiary/aromatic N) is 1. The third-order valence-corrected chi connectivity index (χ3v) is 6.33. The lowest BCUT2D eigenvalue weighted by Crippen LogP contribution is -2.50. The number of halogens is 9. The Morgan fingerprint density at radius 1 is 1.12 bits per heavy atom. The van der Waals surface area contributed by atoms with Crippen molar-refractivity contribution in [2.24, 2.45) is 5.16 Å². The van der Waals surface area contributed by atoms with Gasteiger partial charge in [-0.25, -0.2) is 0 Å². The minimum Gasteiger partial charge on any atom is -0.373 e. The van der Waals surface area contributed by atoms with E-state index in [2.05, 4.69) is 21.1 Å². The van der Waals surface area contributed by atoms with Crippen molar-refractivity contribution < 1.29 is 36.0 Å². The molecule has 0 aliphatic carbocycles. The number of nitrogens with one attached hydrogen (secondary N) is 1. The lowest BCUT2D eigenvalue weighted by molar-refractivity contribution is -0.273. The van der Waals surface area contributed by atoms with Gasteiger partial charge in [-0.1, -0.05) is 50.4 Å². The standard InChI is InChI=1S/C20H13BrCl2F6N2O2/c1-9-4-10(2-3-14(9)17(32)30-8-18(24,25)26)15-16(21)19(33-31-15,20(27,28)29)11-5-12(22)7-13(23)6-11/h2-7,16H,8H2,1H3,(H,30,32). The number of hydrogen-bond donors (Lipinski definition) is 1. The van der Waals surface area contributed by atoms with Gasteiger partial charge in [0.15, 0.2) is 0 Å². The zero-order chi connectivity index (χ0) is 24.8. The Morgan fingerprint density at radius 2 is 1.73 bits per heavy atom. The van der Waals surface area contributed by atoms with Crippen molar-refractivity contribution in [1.29, 1.82) is 0 Å². The predicted molar refractivity (Wildman–Crippen MR) is 114 cm³/mol. The number of carbonyl (C=O) groups excluding carboxylic acids is 1. The van der Waals surface area contributed by atoms with Gasteiger partial charge in [0.25, 0.3) is 11.5 Å². The topological polar surface area (TPSA) is 50.7 Å². The molecule has 1 N–H and O–H groups in total. The molecule has 4 nitrogen and oxygen atoms in total. The molecular formula is C20H13BrCl2F6N2O2. The van der Waals surface area contributed by atoms with Crippen LogP contribution in [0.1, 0.15) is 27.0 Å². The van der Waals surface area contributed by atoms with Gasteiger partial charge in [0, 0.05) is 26.7 Å². The largest absolute Gasteiger partial charge is 0.436 e.